The summed E-state index contributed by atoms with van der Waals surface area (Å²) in [5.41, 5.74) is 0. The summed E-state index contributed by atoms with van der Waals surface area (Å²) in [6, 6.07) is 0. The van der Waals surface area contributed by atoms with Crippen molar-refractivity contribution in [2.24, 2.45) is 0 Å². The maximum absolute atomic E-state index is 10.7. The van der Waals surface area contributed by atoms with E-state index in [4.69, 9.17) is 11.6 Å². The minimum absolute atomic E-state index is 0.209. The molecule has 0 radical (unpaired) electrons. The van der Waals surface area contributed by atoms with Crippen LogP contribution in [0.3, 0.4) is 0 Å². The lowest BCUT2D eigenvalue weighted by Crippen LogP contribution is -2.26. The minimum Gasteiger partial charge on any atom is -0.304 e. The summed E-state index contributed by atoms with van der Waals surface area (Å²) in [7, 11) is -0.968. The van der Waals surface area contributed by atoms with Crippen LogP contribution >= 0.6 is 11.6 Å². The second-order valence-electron chi connectivity index (χ2n) is 2.62. The maximum Gasteiger partial charge on any atom is 0.148 e. The fraction of sp³-hybridized carbons (Fsp3) is 1.00. The molecule has 0 aliphatic heterocycles. The van der Waals surface area contributed by atoms with E-state index in [0.29, 0.717) is 12.4 Å². The zero-order chi connectivity index (χ0) is 8.91. The zero-order valence-corrected chi connectivity index (χ0v) is 8.45. The smallest absolute Gasteiger partial charge is 0.148 e. The van der Waals surface area contributed by atoms with Crippen molar-refractivity contribution in [2.45, 2.75) is 0 Å². The SMILES string of the molecule is CN(CCCl)CCS(C)(=O)=O. The van der Waals surface area contributed by atoms with Crippen LogP contribution in [0.15, 0.2) is 0 Å². The molecule has 0 aliphatic carbocycles. The molecule has 0 aromatic rings. The first kappa shape index (κ1) is 11.2. The first-order valence-electron chi connectivity index (χ1n) is 3.38. The van der Waals surface area contributed by atoms with Crippen molar-refractivity contribution in [3.63, 3.8) is 0 Å². The lowest BCUT2D eigenvalue weighted by atomic mass is 10.6. The highest BCUT2D eigenvalue weighted by atomic mass is 35.5. The van der Waals surface area contributed by atoms with Gasteiger partial charge in [-0.2, -0.15) is 0 Å². The van der Waals surface area contributed by atoms with Crippen LogP contribution in [0.5, 0.6) is 0 Å². The molecule has 0 rings (SSSR count). The van der Waals surface area contributed by atoms with Crippen LogP contribution in [0.2, 0.25) is 0 Å². The van der Waals surface area contributed by atoms with Gasteiger partial charge in [-0.15, -0.1) is 11.6 Å². The van der Waals surface area contributed by atoms with Crippen molar-refractivity contribution in [3.8, 4) is 0 Å². The first-order chi connectivity index (χ1) is 4.95. The van der Waals surface area contributed by atoms with Gasteiger partial charge in [0.05, 0.1) is 5.75 Å². The Morgan fingerprint density at radius 3 is 2.27 bits per heavy atom. The summed E-state index contributed by atoms with van der Waals surface area (Å²) < 4.78 is 21.4. The normalized spacial score (nSPS) is 12.4. The molecular formula is C6H14ClNO2S. The van der Waals surface area contributed by atoms with Crippen LogP contribution in [0.1, 0.15) is 0 Å². The van der Waals surface area contributed by atoms with Gasteiger partial charge < -0.3 is 4.90 Å². The average Bonchev–Trinajstić information content (AvgIpc) is 1.83. The lowest BCUT2D eigenvalue weighted by Gasteiger charge is -2.13. The Balaban J connectivity index is 3.54. The molecule has 3 nitrogen and oxygen atoms in total. The van der Waals surface area contributed by atoms with Crippen molar-refractivity contribution < 1.29 is 8.42 Å². The van der Waals surface area contributed by atoms with Gasteiger partial charge >= 0.3 is 0 Å². The number of hydrogen-bond donors (Lipinski definition) is 0. The van der Waals surface area contributed by atoms with Gasteiger partial charge in [-0.3, -0.25) is 0 Å². The molecule has 0 aliphatic rings. The molecule has 68 valence electrons. The Hall–Kier alpha value is 0.200. The first-order valence-corrected chi connectivity index (χ1v) is 5.97. The van der Waals surface area contributed by atoms with Crippen LogP contribution in [-0.4, -0.2) is 51.3 Å². The van der Waals surface area contributed by atoms with Gasteiger partial charge in [-0.1, -0.05) is 0 Å². The second kappa shape index (κ2) is 4.95. The van der Waals surface area contributed by atoms with E-state index in [9.17, 15) is 8.42 Å². The standard InChI is InChI=1S/C6H14ClNO2S/c1-8(4-3-7)5-6-11(2,9)10/h3-6H2,1-2H3. The summed E-state index contributed by atoms with van der Waals surface area (Å²) in [5.74, 6) is 0.751. The molecule has 0 N–H and O–H groups in total. The summed E-state index contributed by atoms with van der Waals surface area (Å²) >= 11 is 5.46. The van der Waals surface area contributed by atoms with Crippen LogP contribution in [0.25, 0.3) is 0 Å². The Labute approximate surface area is 73.3 Å². The molecule has 0 heterocycles. The van der Waals surface area contributed by atoms with Crippen molar-refractivity contribution in [1.29, 1.82) is 0 Å². The van der Waals surface area contributed by atoms with E-state index in [1.165, 1.54) is 6.26 Å². The van der Waals surface area contributed by atoms with E-state index in [1.807, 2.05) is 11.9 Å². The molecule has 0 fully saturated rings. The van der Waals surface area contributed by atoms with Gasteiger partial charge in [0.1, 0.15) is 9.84 Å². The second-order valence-corrected chi connectivity index (χ2v) is 5.26. The number of hydrogen-bond acceptors (Lipinski definition) is 3. The molecule has 0 saturated carbocycles. The molecular weight excluding hydrogens is 186 g/mol. The van der Waals surface area contributed by atoms with Crippen molar-refractivity contribution in [2.75, 3.05) is 38.0 Å². The summed E-state index contributed by atoms with van der Waals surface area (Å²) in [6.07, 6.45) is 1.24. The molecule has 0 aromatic heterocycles. The van der Waals surface area contributed by atoms with Crippen LogP contribution in [0.4, 0.5) is 0 Å². The molecule has 0 amide bonds. The number of nitrogens with zero attached hydrogens (tertiary/aromatic N) is 1. The van der Waals surface area contributed by atoms with Crippen LogP contribution in [0, 0.1) is 0 Å². The topological polar surface area (TPSA) is 37.4 Å². The van der Waals surface area contributed by atoms with Gasteiger partial charge in [0.2, 0.25) is 0 Å². The fourth-order valence-corrected chi connectivity index (χ4v) is 1.51. The molecule has 0 saturated heterocycles. The van der Waals surface area contributed by atoms with Crippen LogP contribution < -0.4 is 0 Å². The number of halogens is 1. The summed E-state index contributed by atoms with van der Waals surface area (Å²) in [6.45, 7) is 1.29. The van der Waals surface area contributed by atoms with E-state index in [1.54, 1.807) is 0 Å². The van der Waals surface area contributed by atoms with E-state index in [-0.39, 0.29) is 5.75 Å². The molecule has 0 bridgehead atoms. The largest absolute Gasteiger partial charge is 0.304 e. The maximum atomic E-state index is 10.7. The van der Waals surface area contributed by atoms with Crippen molar-refractivity contribution in [3.05, 3.63) is 0 Å². The highest BCUT2D eigenvalue weighted by Crippen LogP contribution is 1.88. The van der Waals surface area contributed by atoms with Gasteiger partial charge in [0, 0.05) is 25.2 Å². The summed E-state index contributed by atoms with van der Waals surface area (Å²) in [4.78, 5) is 1.90. The Kier molecular flexibility index (Phi) is 5.04. The van der Waals surface area contributed by atoms with E-state index in [2.05, 4.69) is 0 Å². The van der Waals surface area contributed by atoms with Crippen LogP contribution in [-0.2, 0) is 9.84 Å². The highest BCUT2D eigenvalue weighted by Gasteiger charge is 2.03. The highest BCUT2D eigenvalue weighted by molar-refractivity contribution is 7.90. The number of alkyl halides is 1. The lowest BCUT2D eigenvalue weighted by molar-refractivity contribution is 0.376. The molecule has 5 heteroatoms. The fourth-order valence-electron chi connectivity index (χ4n) is 0.578. The van der Waals surface area contributed by atoms with Gasteiger partial charge in [-0.05, 0) is 7.05 Å². The third-order valence-electron chi connectivity index (χ3n) is 1.31. The van der Waals surface area contributed by atoms with Gasteiger partial charge in [0.25, 0.3) is 0 Å². The number of sulfone groups is 1. The molecule has 0 spiro atoms. The summed E-state index contributed by atoms with van der Waals surface area (Å²) in [5, 5.41) is 0. The Morgan fingerprint density at radius 2 is 1.91 bits per heavy atom. The monoisotopic (exact) mass is 199 g/mol. The molecule has 0 unspecified atom stereocenters. The third kappa shape index (κ3) is 8.10. The predicted molar refractivity (Wildman–Crippen MR) is 47.9 cm³/mol. The number of rotatable bonds is 5. The van der Waals surface area contributed by atoms with Crippen molar-refractivity contribution >= 4 is 21.4 Å². The zero-order valence-electron chi connectivity index (χ0n) is 6.88. The molecule has 11 heavy (non-hydrogen) atoms. The third-order valence-corrected chi connectivity index (χ3v) is 2.40. The average molecular weight is 200 g/mol. The Bertz CT molecular complexity index is 191. The van der Waals surface area contributed by atoms with E-state index < -0.39 is 9.84 Å². The molecule has 0 aromatic carbocycles. The predicted octanol–water partition coefficient (Wildman–Crippen LogP) is 0.202. The quantitative estimate of drug-likeness (QED) is 0.594. The van der Waals surface area contributed by atoms with Gasteiger partial charge in [0.15, 0.2) is 0 Å². The van der Waals surface area contributed by atoms with E-state index >= 15 is 0 Å². The van der Waals surface area contributed by atoms with Crippen molar-refractivity contribution in [1.82, 2.24) is 4.90 Å². The Morgan fingerprint density at radius 1 is 1.36 bits per heavy atom. The van der Waals surface area contributed by atoms with Gasteiger partial charge in [-0.25, -0.2) is 8.42 Å². The van der Waals surface area contributed by atoms with E-state index in [0.717, 1.165) is 6.54 Å². The minimum atomic E-state index is -2.82. The molecule has 0 atom stereocenters.